The number of ether oxygens (including phenoxy) is 1. The second kappa shape index (κ2) is 8.04. The van der Waals surface area contributed by atoms with Crippen LogP contribution in [0.2, 0.25) is 0 Å². The van der Waals surface area contributed by atoms with Crippen molar-refractivity contribution in [3.63, 3.8) is 0 Å². The van der Waals surface area contributed by atoms with Crippen LogP contribution in [0.3, 0.4) is 0 Å². The number of benzene rings is 1. The van der Waals surface area contributed by atoms with Gasteiger partial charge in [-0.15, -0.1) is 6.58 Å². The number of aliphatic hydroxyl groups excluding tert-OH is 1. The number of allylic oxidation sites excluding steroid dienone is 1. The van der Waals surface area contributed by atoms with Crippen LogP contribution < -0.4 is 0 Å². The second-order valence-electron chi connectivity index (χ2n) is 5.89. The quantitative estimate of drug-likeness (QED) is 0.455. The van der Waals surface area contributed by atoms with E-state index < -0.39 is 12.0 Å². The van der Waals surface area contributed by atoms with E-state index in [0.717, 1.165) is 18.4 Å². The highest BCUT2D eigenvalue weighted by atomic mass is 16.6. The molecule has 1 aromatic carbocycles. The molecule has 2 amide bonds. The smallest absolute Gasteiger partial charge is 0.414 e. The Hall–Kier alpha value is -1.98. The van der Waals surface area contributed by atoms with Crippen molar-refractivity contribution in [3.8, 4) is 0 Å². The van der Waals surface area contributed by atoms with Gasteiger partial charge in [0.2, 0.25) is 0 Å². The van der Waals surface area contributed by atoms with E-state index in [1.165, 1.54) is 0 Å². The Bertz CT molecular complexity index is 557. The Morgan fingerprint density at radius 2 is 2.13 bits per heavy atom. The van der Waals surface area contributed by atoms with E-state index in [1.54, 1.807) is 6.08 Å². The number of cyclic esters (lactones) is 1. The molecule has 1 saturated heterocycles. The first-order chi connectivity index (χ1) is 11.1. The summed E-state index contributed by atoms with van der Waals surface area (Å²) in [4.78, 5) is 25.3. The van der Waals surface area contributed by atoms with Crippen LogP contribution in [0.15, 0.2) is 43.0 Å². The fourth-order valence-electron chi connectivity index (χ4n) is 2.97. The summed E-state index contributed by atoms with van der Waals surface area (Å²) in [5.41, 5.74) is 0.905. The number of unbranched alkanes of at least 4 members (excludes halogenated alkanes) is 1. The lowest BCUT2D eigenvalue weighted by molar-refractivity contribution is -0.781. The van der Waals surface area contributed by atoms with Crippen LogP contribution >= 0.6 is 0 Å². The molecular formula is C18H24NO4+. The van der Waals surface area contributed by atoms with Crippen molar-refractivity contribution >= 4 is 12.0 Å². The Morgan fingerprint density at radius 1 is 1.39 bits per heavy atom. The molecule has 5 nitrogen and oxygen atoms in total. The number of amides is 2. The summed E-state index contributed by atoms with van der Waals surface area (Å²) in [5.74, 6) is -0.799. The van der Waals surface area contributed by atoms with E-state index in [1.807, 2.05) is 30.3 Å². The molecule has 1 aliphatic heterocycles. The van der Waals surface area contributed by atoms with E-state index >= 15 is 0 Å². The van der Waals surface area contributed by atoms with E-state index in [2.05, 4.69) is 6.58 Å². The number of imide groups is 1. The fraction of sp³-hybridized carbons (Fsp3) is 0.444. The molecule has 0 spiro atoms. The monoisotopic (exact) mass is 318 g/mol. The molecule has 2 rings (SSSR count). The minimum Gasteiger partial charge on any atom is -0.414 e. The molecule has 1 aromatic rings. The number of quaternary nitrogens is 1. The zero-order chi connectivity index (χ0) is 16.7. The van der Waals surface area contributed by atoms with Gasteiger partial charge in [0.1, 0.15) is 19.7 Å². The maximum atomic E-state index is 13.0. The SMILES string of the molecule is C=CCCCC(CO)C(=O)[N+]1(Cc2ccccc2)CCOC1=O. The Kier molecular flexibility index (Phi) is 6.07. The lowest BCUT2D eigenvalue weighted by Gasteiger charge is -2.28. The van der Waals surface area contributed by atoms with Crippen LogP contribution in [0.1, 0.15) is 24.8 Å². The van der Waals surface area contributed by atoms with Gasteiger partial charge in [-0.25, -0.2) is 4.79 Å². The average molecular weight is 318 g/mol. The lowest BCUT2D eigenvalue weighted by atomic mass is 9.99. The third-order valence-corrected chi connectivity index (χ3v) is 4.30. The number of aliphatic hydroxyl groups is 1. The first kappa shape index (κ1) is 17.4. The second-order valence-corrected chi connectivity index (χ2v) is 5.89. The summed E-state index contributed by atoms with van der Waals surface area (Å²) in [6, 6.07) is 9.44. The number of hydrogen-bond acceptors (Lipinski definition) is 4. The van der Waals surface area contributed by atoms with Crippen molar-refractivity contribution in [2.24, 2.45) is 5.92 Å². The minimum absolute atomic E-state index is 0.238. The predicted molar refractivity (Wildman–Crippen MR) is 86.3 cm³/mol. The number of hydrogen-bond donors (Lipinski definition) is 1. The molecular weight excluding hydrogens is 294 g/mol. The first-order valence-electron chi connectivity index (χ1n) is 7.98. The van der Waals surface area contributed by atoms with Gasteiger partial charge in [-0.3, -0.25) is 0 Å². The molecule has 0 bridgehead atoms. The van der Waals surface area contributed by atoms with Gasteiger partial charge in [0.05, 0.1) is 12.5 Å². The molecule has 1 heterocycles. The summed E-state index contributed by atoms with van der Waals surface area (Å²) in [6.45, 7) is 4.25. The van der Waals surface area contributed by atoms with Crippen molar-refractivity contribution in [2.75, 3.05) is 19.8 Å². The van der Waals surface area contributed by atoms with Crippen LogP contribution in [-0.4, -0.2) is 41.3 Å². The molecule has 0 aliphatic carbocycles. The van der Waals surface area contributed by atoms with Gasteiger partial charge in [0, 0.05) is 5.56 Å². The van der Waals surface area contributed by atoms with Crippen LogP contribution in [0.25, 0.3) is 0 Å². The van der Waals surface area contributed by atoms with Gasteiger partial charge in [-0.05, 0) is 19.3 Å². The predicted octanol–water partition coefficient (Wildman–Crippen LogP) is 2.65. The maximum absolute atomic E-state index is 13.0. The van der Waals surface area contributed by atoms with Gasteiger partial charge < -0.3 is 9.84 Å². The van der Waals surface area contributed by atoms with Crippen molar-refractivity contribution in [1.29, 1.82) is 0 Å². The molecule has 0 saturated carbocycles. The topological polar surface area (TPSA) is 63.6 Å². The molecule has 23 heavy (non-hydrogen) atoms. The van der Waals surface area contributed by atoms with Crippen LogP contribution in [0, 0.1) is 5.92 Å². The summed E-state index contributed by atoms with van der Waals surface area (Å²) >= 11 is 0. The molecule has 1 aliphatic rings. The highest BCUT2D eigenvalue weighted by Crippen LogP contribution is 2.27. The maximum Gasteiger partial charge on any atom is 0.524 e. The third kappa shape index (κ3) is 3.86. The highest BCUT2D eigenvalue weighted by molar-refractivity contribution is 5.83. The van der Waals surface area contributed by atoms with Crippen LogP contribution in [0.4, 0.5) is 4.79 Å². The van der Waals surface area contributed by atoms with E-state index in [0.29, 0.717) is 13.0 Å². The largest absolute Gasteiger partial charge is 0.524 e. The van der Waals surface area contributed by atoms with Crippen molar-refractivity contribution in [2.45, 2.75) is 25.8 Å². The lowest BCUT2D eigenvalue weighted by Crippen LogP contribution is -2.56. The zero-order valence-electron chi connectivity index (χ0n) is 13.3. The molecule has 0 aromatic heterocycles. The zero-order valence-corrected chi connectivity index (χ0v) is 13.3. The summed E-state index contributed by atoms with van der Waals surface area (Å²) < 4.78 is 4.74. The van der Waals surface area contributed by atoms with Gasteiger partial charge in [0.15, 0.2) is 0 Å². The van der Waals surface area contributed by atoms with Gasteiger partial charge in [-0.1, -0.05) is 36.4 Å². The first-order valence-corrected chi connectivity index (χ1v) is 7.98. The highest BCUT2D eigenvalue weighted by Gasteiger charge is 2.53. The standard InChI is InChI=1S/C18H24NO4/c1-2-3-5-10-16(14-20)17(21)19(11-12-23-18(19)22)13-15-8-6-4-7-9-15/h2,4,6-9,16,20H,1,3,5,10-14H2/q+1. The molecule has 2 atom stereocenters. The van der Waals surface area contributed by atoms with Crippen molar-refractivity contribution in [3.05, 3.63) is 48.6 Å². The Morgan fingerprint density at radius 3 is 2.70 bits per heavy atom. The third-order valence-electron chi connectivity index (χ3n) is 4.30. The molecule has 5 heteroatoms. The van der Waals surface area contributed by atoms with E-state index in [-0.39, 0.29) is 30.1 Å². The molecule has 0 radical (unpaired) electrons. The number of nitrogens with zero attached hydrogens (tertiary/aromatic N) is 1. The Balaban J connectivity index is 2.21. The molecule has 1 fully saturated rings. The van der Waals surface area contributed by atoms with Gasteiger partial charge >= 0.3 is 12.0 Å². The molecule has 2 unspecified atom stereocenters. The normalized spacial score (nSPS) is 21.7. The van der Waals surface area contributed by atoms with E-state index in [9.17, 15) is 14.7 Å². The van der Waals surface area contributed by atoms with Gasteiger partial charge in [0.25, 0.3) is 0 Å². The number of rotatable bonds is 8. The van der Waals surface area contributed by atoms with E-state index in [4.69, 9.17) is 4.74 Å². The van der Waals surface area contributed by atoms with Crippen LogP contribution in [-0.2, 0) is 16.1 Å². The summed E-state index contributed by atoms with van der Waals surface area (Å²) in [7, 11) is 0. The van der Waals surface area contributed by atoms with Crippen molar-refractivity contribution in [1.82, 2.24) is 0 Å². The fourth-order valence-corrected chi connectivity index (χ4v) is 2.97. The van der Waals surface area contributed by atoms with Crippen LogP contribution in [0.5, 0.6) is 0 Å². The van der Waals surface area contributed by atoms with Gasteiger partial charge in [-0.2, -0.15) is 9.28 Å². The average Bonchev–Trinajstić information content (AvgIpc) is 2.94. The van der Waals surface area contributed by atoms with Crippen molar-refractivity contribution < 1.29 is 23.9 Å². The number of carbonyl (C=O) groups excluding carboxylic acids is 2. The summed E-state index contributed by atoms with van der Waals surface area (Å²) in [5, 5.41) is 9.61. The molecule has 124 valence electrons. The molecule has 1 N–H and O–H groups in total. The Labute approximate surface area is 136 Å². The number of carbonyl (C=O) groups is 2. The minimum atomic E-state index is -0.552. The summed E-state index contributed by atoms with van der Waals surface area (Å²) in [6.07, 6.45) is 3.37.